The summed E-state index contributed by atoms with van der Waals surface area (Å²) in [6.45, 7) is 3.62. The minimum Gasteiger partial charge on any atom is -0.478 e. The number of likely N-dealkylation sites (N-methyl/N-ethyl adjacent to an activating group) is 1. The zero-order chi connectivity index (χ0) is 14.9. The molecular formula is C12H18N2O4S2. The van der Waals surface area contributed by atoms with Gasteiger partial charge in [0.25, 0.3) is 10.0 Å². The standard InChI is InChI=1S/C12H18N2O4S2/c1-3-10-7-14(5-4-13(10)2)20(17,18)11-6-9(8-19-11)12(15)16/h6,8,10H,3-5,7H2,1-2H3,(H,15,16). The highest BCUT2D eigenvalue weighted by Crippen LogP contribution is 2.26. The molecule has 0 spiro atoms. The van der Waals surface area contributed by atoms with Gasteiger partial charge in [0.1, 0.15) is 4.21 Å². The number of nitrogens with zero attached hydrogens (tertiary/aromatic N) is 2. The van der Waals surface area contributed by atoms with Crippen LogP contribution in [0.1, 0.15) is 23.7 Å². The molecular weight excluding hydrogens is 300 g/mol. The lowest BCUT2D eigenvalue weighted by Gasteiger charge is -2.38. The van der Waals surface area contributed by atoms with Gasteiger partial charge >= 0.3 is 5.97 Å². The molecule has 1 aromatic heterocycles. The fourth-order valence-corrected chi connectivity index (χ4v) is 5.04. The van der Waals surface area contributed by atoms with Crippen LogP contribution in [-0.4, -0.2) is 61.4 Å². The van der Waals surface area contributed by atoms with Crippen LogP contribution in [0.25, 0.3) is 0 Å². The first-order chi connectivity index (χ1) is 9.36. The average Bonchev–Trinajstić information content (AvgIpc) is 2.89. The van der Waals surface area contributed by atoms with E-state index in [1.54, 1.807) is 0 Å². The monoisotopic (exact) mass is 318 g/mol. The molecule has 2 rings (SSSR count). The van der Waals surface area contributed by atoms with Gasteiger partial charge in [-0.15, -0.1) is 11.3 Å². The first-order valence-electron chi connectivity index (χ1n) is 6.38. The summed E-state index contributed by atoms with van der Waals surface area (Å²) in [5, 5.41) is 10.2. The van der Waals surface area contributed by atoms with Crippen LogP contribution in [0.3, 0.4) is 0 Å². The Hall–Kier alpha value is -0.960. The molecule has 0 aromatic carbocycles. The van der Waals surface area contributed by atoms with Crippen molar-refractivity contribution in [3.63, 3.8) is 0 Å². The lowest BCUT2D eigenvalue weighted by Crippen LogP contribution is -2.52. The SMILES string of the molecule is CCC1CN(S(=O)(=O)c2cc(C(=O)O)cs2)CCN1C. The third kappa shape index (κ3) is 2.88. The van der Waals surface area contributed by atoms with E-state index in [0.29, 0.717) is 19.6 Å². The fourth-order valence-electron chi connectivity index (χ4n) is 2.27. The molecule has 0 saturated carbocycles. The van der Waals surface area contributed by atoms with Gasteiger partial charge in [0.15, 0.2) is 0 Å². The largest absolute Gasteiger partial charge is 0.478 e. The second-order valence-electron chi connectivity index (χ2n) is 4.87. The Bertz CT molecular complexity index is 596. The van der Waals surface area contributed by atoms with Gasteiger partial charge in [-0.25, -0.2) is 13.2 Å². The van der Waals surface area contributed by atoms with Gasteiger partial charge in [0.2, 0.25) is 0 Å². The number of hydrogen-bond acceptors (Lipinski definition) is 5. The van der Waals surface area contributed by atoms with E-state index < -0.39 is 16.0 Å². The predicted octanol–water partition coefficient (Wildman–Crippen LogP) is 1.16. The molecule has 1 fully saturated rings. The molecule has 1 aromatic rings. The maximum absolute atomic E-state index is 12.5. The van der Waals surface area contributed by atoms with Crippen molar-refractivity contribution in [1.29, 1.82) is 0 Å². The van der Waals surface area contributed by atoms with Crippen molar-refractivity contribution in [1.82, 2.24) is 9.21 Å². The number of thiophene rings is 1. The van der Waals surface area contributed by atoms with Crippen LogP contribution in [0.4, 0.5) is 0 Å². The molecule has 1 unspecified atom stereocenters. The number of sulfonamides is 1. The number of piperazine rings is 1. The maximum Gasteiger partial charge on any atom is 0.336 e. The third-order valence-corrected chi connectivity index (χ3v) is 6.91. The number of aromatic carboxylic acids is 1. The topological polar surface area (TPSA) is 77.9 Å². The summed E-state index contributed by atoms with van der Waals surface area (Å²) in [4.78, 5) is 13.0. The van der Waals surface area contributed by atoms with E-state index in [-0.39, 0.29) is 15.8 Å². The lowest BCUT2D eigenvalue weighted by atomic mass is 10.1. The number of carboxylic acid groups (broad SMARTS) is 1. The molecule has 1 atom stereocenters. The summed E-state index contributed by atoms with van der Waals surface area (Å²) in [6.07, 6.45) is 0.882. The summed E-state index contributed by atoms with van der Waals surface area (Å²) >= 11 is 0.964. The van der Waals surface area contributed by atoms with E-state index in [4.69, 9.17) is 5.11 Å². The van der Waals surface area contributed by atoms with Crippen LogP contribution in [0.5, 0.6) is 0 Å². The molecule has 1 saturated heterocycles. The van der Waals surface area contributed by atoms with E-state index in [2.05, 4.69) is 4.90 Å². The molecule has 6 nitrogen and oxygen atoms in total. The van der Waals surface area contributed by atoms with Crippen molar-refractivity contribution in [2.75, 3.05) is 26.7 Å². The Balaban J connectivity index is 2.23. The zero-order valence-electron chi connectivity index (χ0n) is 11.4. The first-order valence-corrected chi connectivity index (χ1v) is 8.70. The molecule has 2 heterocycles. The first kappa shape index (κ1) is 15.4. The summed E-state index contributed by atoms with van der Waals surface area (Å²) in [6, 6.07) is 1.44. The van der Waals surface area contributed by atoms with Gasteiger partial charge in [-0.2, -0.15) is 4.31 Å². The Kier molecular flexibility index (Phi) is 4.48. The maximum atomic E-state index is 12.5. The molecule has 0 amide bonds. The van der Waals surface area contributed by atoms with Gasteiger partial charge in [-0.1, -0.05) is 6.92 Å². The lowest BCUT2D eigenvalue weighted by molar-refractivity contribution is 0.0697. The number of carboxylic acids is 1. The van der Waals surface area contributed by atoms with E-state index in [0.717, 1.165) is 17.8 Å². The summed E-state index contributed by atoms with van der Waals surface area (Å²) in [7, 11) is -1.59. The number of rotatable bonds is 4. The van der Waals surface area contributed by atoms with Gasteiger partial charge in [-0.3, -0.25) is 0 Å². The average molecular weight is 318 g/mol. The fraction of sp³-hybridized carbons (Fsp3) is 0.583. The van der Waals surface area contributed by atoms with Crippen LogP contribution in [0.2, 0.25) is 0 Å². The van der Waals surface area contributed by atoms with E-state index in [9.17, 15) is 13.2 Å². The molecule has 0 aliphatic carbocycles. The molecule has 0 radical (unpaired) electrons. The summed E-state index contributed by atoms with van der Waals surface area (Å²) in [5.74, 6) is -1.10. The number of hydrogen-bond donors (Lipinski definition) is 1. The highest BCUT2D eigenvalue weighted by atomic mass is 32.2. The molecule has 8 heteroatoms. The molecule has 20 heavy (non-hydrogen) atoms. The van der Waals surface area contributed by atoms with Crippen LogP contribution in [0, 0.1) is 0 Å². The van der Waals surface area contributed by atoms with Crippen LogP contribution >= 0.6 is 11.3 Å². The smallest absolute Gasteiger partial charge is 0.336 e. The zero-order valence-corrected chi connectivity index (χ0v) is 13.1. The Labute approximate surface area is 122 Å². The minimum atomic E-state index is -3.58. The second kappa shape index (κ2) is 5.80. The van der Waals surface area contributed by atoms with Crippen molar-refractivity contribution < 1.29 is 18.3 Å². The van der Waals surface area contributed by atoms with Crippen molar-refractivity contribution in [2.24, 2.45) is 0 Å². The molecule has 1 N–H and O–H groups in total. The van der Waals surface area contributed by atoms with Gasteiger partial charge in [-0.05, 0) is 19.5 Å². The second-order valence-corrected chi connectivity index (χ2v) is 7.94. The summed E-state index contributed by atoms with van der Waals surface area (Å²) in [5.41, 5.74) is 0.0229. The van der Waals surface area contributed by atoms with Gasteiger partial charge in [0, 0.05) is 31.1 Å². The Morgan fingerprint density at radius 3 is 2.75 bits per heavy atom. The molecule has 1 aliphatic rings. The molecule has 1 aliphatic heterocycles. The van der Waals surface area contributed by atoms with Gasteiger partial charge in [0.05, 0.1) is 5.56 Å². The summed E-state index contributed by atoms with van der Waals surface area (Å²) < 4.78 is 26.6. The predicted molar refractivity (Wildman–Crippen MR) is 76.7 cm³/mol. The molecule has 0 bridgehead atoms. The van der Waals surface area contributed by atoms with Crippen molar-refractivity contribution in [3.8, 4) is 0 Å². The highest BCUT2D eigenvalue weighted by Gasteiger charge is 2.33. The van der Waals surface area contributed by atoms with Crippen LogP contribution < -0.4 is 0 Å². The van der Waals surface area contributed by atoms with Crippen LogP contribution in [0.15, 0.2) is 15.7 Å². The van der Waals surface area contributed by atoms with Crippen molar-refractivity contribution in [3.05, 3.63) is 17.0 Å². The normalized spacial score (nSPS) is 22.0. The van der Waals surface area contributed by atoms with Crippen molar-refractivity contribution in [2.45, 2.75) is 23.6 Å². The minimum absolute atomic E-state index is 0.0229. The highest BCUT2D eigenvalue weighted by molar-refractivity contribution is 7.91. The van der Waals surface area contributed by atoms with Crippen molar-refractivity contribution >= 4 is 27.3 Å². The van der Waals surface area contributed by atoms with E-state index >= 15 is 0 Å². The quantitative estimate of drug-likeness (QED) is 0.901. The van der Waals surface area contributed by atoms with E-state index in [1.807, 2.05) is 14.0 Å². The van der Waals surface area contributed by atoms with E-state index in [1.165, 1.54) is 15.8 Å². The number of carbonyl (C=O) groups is 1. The Morgan fingerprint density at radius 2 is 2.20 bits per heavy atom. The van der Waals surface area contributed by atoms with Crippen LogP contribution in [-0.2, 0) is 10.0 Å². The Morgan fingerprint density at radius 1 is 1.50 bits per heavy atom. The molecule has 112 valence electrons. The van der Waals surface area contributed by atoms with Gasteiger partial charge < -0.3 is 10.0 Å². The third-order valence-electron chi connectivity index (χ3n) is 3.63.